The van der Waals surface area contributed by atoms with Crippen LogP contribution in [0.1, 0.15) is 0 Å². The van der Waals surface area contributed by atoms with Crippen LogP contribution in [0.3, 0.4) is 0 Å². The van der Waals surface area contributed by atoms with Crippen molar-refractivity contribution >= 4 is 34.6 Å². The van der Waals surface area contributed by atoms with Crippen molar-refractivity contribution in [3.05, 3.63) is 34.4 Å². The number of amides is 1. The molecule has 0 atom stereocenters. The Hall–Kier alpha value is -2.26. The lowest BCUT2D eigenvalue weighted by Gasteiger charge is -2.20. The number of methoxy groups -OCH3 is 1. The number of non-ortho nitro benzene ring substituents is 1. The Bertz CT molecular complexity index is 535. The maximum atomic E-state index is 11.6. The van der Waals surface area contributed by atoms with Gasteiger partial charge in [-0.3, -0.25) is 14.9 Å². The molecule has 1 aromatic rings. The summed E-state index contributed by atoms with van der Waals surface area (Å²) in [6, 6.07) is 5.86. The summed E-state index contributed by atoms with van der Waals surface area (Å²) in [5, 5.41) is 16.5. The summed E-state index contributed by atoms with van der Waals surface area (Å²) in [5.41, 5.74) is 0.615. The number of hydrogen-bond donors (Lipinski definition) is 2. The van der Waals surface area contributed by atoms with Gasteiger partial charge in [-0.1, -0.05) is 0 Å². The molecule has 1 aromatic carbocycles. The zero-order valence-electron chi connectivity index (χ0n) is 12.4. The number of anilines is 1. The third-order valence-electron chi connectivity index (χ3n) is 2.69. The van der Waals surface area contributed by atoms with E-state index in [1.54, 1.807) is 31.2 Å². The number of nitro groups is 1. The third-order valence-corrected chi connectivity index (χ3v) is 3.10. The fourth-order valence-electron chi connectivity index (χ4n) is 1.52. The maximum Gasteiger partial charge on any atom is 0.269 e. The van der Waals surface area contributed by atoms with Crippen molar-refractivity contribution in [1.29, 1.82) is 0 Å². The van der Waals surface area contributed by atoms with Gasteiger partial charge in [0.1, 0.15) is 0 Å². The second-order valence-corrected chi connectivity index (χ2v) is 4.82. The van der Waals surface area contributed by atoms with Crippen LogP contribution in [0.25, 0.3) is 0 Å². The first-order valence-electron chi connectivity index (χ1n) is 6.46. The van der Waals surface area contributed by atoms with E-state index in [0.717, 1.165) is 0 Å². The molecule has 0 aliphatic heterocycles. The lowest BCUT2D eigenvalue weighted by molar-refractivity contribution is -0.384. The van der Waals surface area contributed by atoms with Gasteiger partial charge in [0, 0.05) is 38.5 Å². The largest absolute Gasteiger partial charge is 0.383 e. The summed E-state index contributed by atoms with van der Waals surface area (Å²) in [6.07, 6.45) is 0. The molecule has 0 saturated carbocycles. The standard InChI is InChI=1S/C13H18N4O4S/c1-16(9-12(18)14-7-8-21-2)13(22)15-10-3-5-11(6-4-10)17(19)20/h3-6H,7-9H2,1-2H3,(H,14,18)(H,15,22). The fraction of sp³-hybridized carbons (Fsp3) is 0.385. The van der Waals surface area contributed by atoms with Crippen LogP contribution in [-0.4, -0.2) is 54.7 Å². The quantitative estimate of drug-likeness (QED) is 0.334. The number of carbonyl (C=O) groups is 1. The molecule has 1 amide bonds. The number of rotatable bonds is 7. The smallest absolute Gasteiger partial charge is 0.269 e. The molecule has 0 radical (unpaired) electrons. The maximum absolute atomic E-state index is 11.6. The second kappa shape index (κ2) is 8.90. The van der Waals surface area contributed by atoms with Gasteiger partial charge < -0.3 is 20.3 Å². The molecule has 9 heteroatoms. The molecule has 0 aromatic heterocycles. The lowest BCUT2D eigenvalue weighted by atomic mass is 10.3. The molecule has 2 N–H and O–H groups in total. The van der Waals surface area contributed by atoms with Crippen molar-refractivity contribution in [3.8, 4) is 0 Å². The van der Waals surface area contributed by atoms with Crippen LogP contribution in [0.4, 0.5) is 11.4 Å². The van der Waals surface area contributed by atoms with E-state index in [0.29, 0.717) is 24.0 Å². The second-order valence-electron chi connectivity index (χ2n) is 4.43. The summed E-state index contributed by atoms with van der Waals surface area (Å²) in [5.74, 6) is -0.174. The molecule has 0 fully saturated rings. The minimum absolute atomic E-state index is 0.00217. The highest BCUT2D eigenvalue weighted by Crippen LogP contribution is 2.15. The normalized spacial score (nSPS) is 9.91. The number of nitrogens with one attached hydrogen (secondary N) is 2. The molecule has 0 saturated heterocycles. The molecule has 0 heterocycles. The average Bonchev–Trinajstić information content (AvgIpc) is 2.47. The van der Waals surface area contributed by atoms with E-state index in [1.165, 1.54) is 12.1 Å². The van der Waals surface area contributed by atoms with E-state index in [2.05, 4.69) is 10.6 Å². The van der Waals surface area contributed by atoms with E-state index in [4.69, 9.17) is 17.0 Å². The first-order chi connectivity index (χ1) is 10.4. The molecule has 0 unspecified atom stereocenters. The number of carbonyl (C=O) groups excluding carboxylic acids is 1. The number of ether oxygens (including phenoxy) is 1. The van der Waals surface area contributed by atoms with Gasteiger partial charge in [-0.15, -0.1) is 0 Å². The summed E-state index contributed by atoms with van der Waals surface area (Å²) >= 11 is 5.17. The number of nitrogens with zero attached hydrogens (tertiary/aromatic N) is 2. The highest BCUT2D eigenvalue weighted by Gasteiger charge is 2.10. The van der Waals surface area contributed by atoms with Crippen molar-refractivity contribution in [3.63, 3.8) is 0 Å². The van der Waals surface area contributed by atoms with Crippen molar-refractivity contribution in [2.24, 2.45) is 0 Å². The number of benzene rings is 1. The van der Waals surface area contributed by atoms with Crippen LogP contribution in [0.15, 0.2) is 24.3 Å². The van der Waals surface area contributed by atoms with E-state index in [1.807, 2.05) is 0 Å². The van der Waals surface area contributed by atoms with Crippen LogP contribution in [-0.2, 0) is 9.53 Å². The number of likely N-dealkylation sites (N-methyl/N-ethyl adjacent to an activating group) is 1. The monoisotopic (exact) mass is 326 g/mol. The Morgan fingerprint density at radius 2 is 2.05 bits per heavy atom. The molecule has 22 heavy (non-hydrogen) atoms. The molecular formula is C13H18N4O4S. The summed E-state index contributed by atoms with van der Waals surface area (Å²) < 4.78 is 4.84. The van der Waals surface area contributed by atoms with Crippen LogP contribution in [0.5, 0.6) is 0 Å². The molecule has 0 aliphatic carbocycles. The first-order valence-corrected chi connectivity index (χ1v) is 6.87. The Balaban J connectivity index is 2.46. The van der Waals surface area contributed by atoms with Gasteiger partial charge in [0.15, 0.2) is 5.11 Å². The van der Waals surface area contributed by atoms with Gasteiger partial charge in [-0.2, -0.15) is 0 Å². The van der Waals surface area contributed by atoms with Gasteiger partial charge in [-0.05, 0) is 24.4 Å². The van der Waals surface area contributed by atoms with E-state index >= 15 is 0 Å². The number of nitro benzene ring substituents is 1. The van der Waals surface area contributed by atoms with Crippen molar-refractivity contribution in [2.45, 2.75) is 0 Å². The van der Waals surface area contributed by atoms with E-state index in [9.17, 15) is 14.9 Å². The highest BCUT2D eigenvalue weighted by molar-refractivity contribution is 7.80. The average molecular weight is 326 g/mol. The predicted octanol–water partition coefficient (Wildman–Crippen LogP) is 0.986. The van der Waals surface area contributed by atoms with Crippen molar-refractivity contribution < 1.29 is 14.5 Å². The molecule has 0 spiro atoms. The minimum Gasteiger partial charge on any atom is -0.383 e. The Morgan fingerprint density at radius 3 is 2.59 bits per heavy atom. The zero-order valence-corrected chi connectivity index (χ0v) is 13.2. The number of hydrogen-bond acceptors (Lipinski definition) is 5. The topological polar surface area (TPSA) is 96.7 Å². The van der Waals surface area contributed by atoms with E-state index < -0.39 is 4.92 Å². The predicted molar refractivity (Wildman–Crippen MR) is 86.8 cm³/mol. The summed E-state index contributed by atoms with van der Waals surface area (Å²) in [7, 11) is 3.23. The summed E-state index contributed by atoms with van der Waals surface area (Å²) in [4.78, 5) is 23.3. The van der Waals surface area contributed by atoms with Gasteiger partial charge >= 0.3 is 0 Å². The molecular weight excluding hydrogens is 308 g/mol. The minimum atomic E-state index is -0.474. The van der Waals surface area contributed by atoms with Gasteiger partial charge in [0.25, 0.3) is 5.69 Å². The Morgan fingerprint density at radius 1 is 1.41 bits per heavy atom. The third kappa shape index (κ3) is 6.02. The molecule has 8 nitrogen and oxygen atoms in total. The number of thiocarbonyl (C=S) groups is 1. The fourth-order valence-corrected chi connectivity index (χ4v) is 1.70. The molecule has 1 rings (SSSR count). The van der Waals surface area contributed by atoms with Crippen molar-refractivity contribution in [1.82, 2.24) is 10.2 Å². The van der Waals surface area contributed by atoms with Gasteiger partial charge in [-0.25, -0.2) is 0 Å². The van der Waals surface area contributed by atoms with Crippen LogP contribution in [0.2, 0.25) is 0 Å². The Labute approximate surface area is 133 Å². The summed E-state index contributed by atoms with van der Waals surface area (Å²) in [6.45, 7) is 0.981. The van der Waals surface area contributed by atoms with Gasteiger partial charge in [0.05, 0.1) is 18.1 Å². The Kier molecular flexibility index (Phi) is 7.20. The van der Waals surface area contributed by atoms with Crippen LogP contribution < -0.4 is 10.6 Å². The first kappa shape index (κ1) is 17.8. The zero-order chi connectivity index (χ0) is 16.5. The van der Waals surface area contributed by atoms with Crippen LogP contribution in [0, 0.1) is 10.1 Å². The van der Waals surface area contributed by atoms with E-state index in [-0.39, 0.29) is 18.1 Å². The van der Waals surface area contributed by atoms with Gasteiger partial charge in [0.2, 0.25) is 5.91 Å². The molecule has 0 bridgehead atoms. The SMILES string of the molecule is COCCNC(=O)CN(C)C(=S)Nc1ccc([N+](=O)[O-])cc1. The lowest BCUT2D eigenvalue weighted by Crippen LogP contribution is -2.41. The van der Waals surface area contributed by atoms with Crippen LogP contribution >= 0.6 is 12.2 Å². The molecule has 120 valence electrons. The van der Waals surface area contributed by atoms with Crippen molar-refractivity contribution in [2.75, 3.05) is 39.2 Å². The molecule has 0 aliphatic rings. The highest BCUT2D eigenvalue weighted by atomic mass is 32.1.